The maximum absolute atomic E-state index is 9.47. The Bertz CT molecular complexity index is 3280. The molecule has 66 heavy (non-hydrogen) atoms. The zero-order chi connectivity index (χ0) is 47.4. The van der Waals surface area contributed by atoms with Crippen molar-refractivity contribution in [1.29, 1.82) is 0 Å². The average molecular weight is 1050 g/mol. The Kier molecular flexibility index (Phi) is 12.4. The number of nitrogens with zero attached hydrogens (tertiary/aromatic N) is 3. The minimum absolute atomic E-state index is 0. The minimum atomic E-state index is -0.910. The summed E-state index contributed by atoms with van der Waals surface area (Å²) in [5, 5.41) is 0. The number of pyridine rings is 1. The number of hydrogen-bond acceptors (Lipinski definition) is 3. The smallest absolute Gasteiger partial charge is 0.665 e. The third-order valence-electron chi connectivity index (χ3n) is 12.4. The number of ether oxygens (including phenoxy) is 1. The molecule has 0 saturated heterocycles. The normalized spacial score (nSPS) is 12.4. The zero-order valence-electron chi connectivity index (χ0n) is 41.3. The van der Waals surface area contributed by atoms with E-state index < -0.39 is 11.8 Å². The molecule has 0 aliphatic rings. The van der Waals surface area contributed by atoms with Crippen LogP contribution in [0, 0.1) is 27.0 Å². The number of hydrogen-bond donors (Lipinski definition) is 0. The van der Waals surface area contributed by atoms with Gasteiger partial charge >= 0.3 is 21.1 Å². The average Bonchev–Trinajstić information content (AvgIpc) is 3.70. The molecule has 0 amide bonds. The number of para-hydroxylation sites is 1. The summed E-state index contributed by atoms with van der Waals surface area (Å²) in [6.07, 6.45) is 1.87. The molecule has 2 heterocycles. The van der Waals surface area contributed by atoms with E-state index in [9.17, 15) is 1.37 Å². The predicted molar refractivity (Wildman–Crippen MR) is 273 cm³/mol. The van der Waals surface area contributed by atoms with E-state index in [1.807, 2.05) is 71.1 Å². The van der Waals surface area contributed by atoms with Gasteiger partial charge in [-0.15, -0.1) is 29.3 Å². The van der Waals surface area contributed by atoms with Crippen molar-refractivity contribution in [2.45, 2.75) is 79.5 Å². The van der Waals surface area contributed by atoms with Gasteiger partial charge in [0, 0.05) is 20.2 Å². The quantitative estimate of drug-likeness (QED) is 0.128. The maximum Gasteiger partial charge on any atom is 2.00 e. The molecule has 0 saturated carbocycles. The van der Waals surface area contributed by atoms with Crippen LogP contribution >= 0.6 is 0 Å². The summed E-state index contributed by atoms with van der Waals surface area (Å²) < 4.78 is 26.3. The van der Waals surface area contributed by atoms with E-state index in [2.05, 4.69) is 167 Å². The van der Waals surface area contributed by atoms with E-state index in [0.29, 0.717) is 11.6 Å². The molecule has 0 N–H and O–H groups in total. The topological polar surface area (TPSA) is 39.9 Å². The predicted octanol–water partition coefficient (Wildman–Crippen LogP) is 16.6. The van der Waals surface area contributed by atoms with Gasteiger partial charge < -0.3 is 4.74 Å². The maximum atomic E-state index is 9.47. The van der Waals surface area contributed by atoms with Crippen LogP contribution in [0.1, 0.15) is 90.8 Å². The molecular weight excluding hydrogens is 986 g/mol. The molecule has 0 aliphatic heterocycles. The van der Waals surface area contributed by atoms with E-state index in [4.69, 9.17) is 16.1 Å². The van der Waals surface area contributed by atoms with Crippen LogP contribution in [0.2, 0.25) is 0 Å². The molecule has 9 aromatic rings. The van der Waals surface area contributed by atoms with Crippen molar-refractivity contribution in [2.24, 2.45) is 0 Å². The molecular formula is C61H57N3OPt. The molecule has 0 atom stereocenters. The second kappa shape index (κ2) is 18.9. The molecule has 2 aromatic heterocycles. The zero-order valence-corrected chi connectivity index (χ0v) is 41.6. The van der Waals surface area contributed by atoms with Crippen LogP contribution in [0.5, 0.6) is 5.75 Å². The van der Waals surface area contributed by atoms with Crippen LogP contribution in [0.25, 0.3) is 83.9 Å². The Balaban J connectivity index is 0.00000625. The van der Waals surface area contributed by atoms with Crippen molar-refractivity contribution in [3.63, 3.8) is 0 Å². The number of fused-ring (bicyclic) bond motifs is 1. The van der Waals surface area contributed by atoms with Crippen LogP contribution < -0.4 is 4.74 Å². The Hall–Kier alpha value is -6.35. The van der Waals surface area contributed by atoms with Gasteiger partial charge in [-0.25, -0.2) is 4.98 Å². The second-order valence-corrected chi connectivity index (χ2v) is 18.6. The summed E-state index contributed by atoms with van der Waals surface area (Å²) in [6, 6.07) is 56.7. The summed E-state index contributed by atoms with van der Waals surface area (Å²) in [5.74, 6) is -0.220. The molecule has 0 unspecified atom stereocenters. The summed E-state index contributed by atoms with van der Waals surface area (Å²) in [6.45, 7) is 18.6. The molecule has 5 heteroatoms. The van der Waals surface area contributed by atoms with Gasteiger partial charge in [-0.3, -0.25) is 9.55 Å². The number of imidazole rings is 1. The Labute approximate surface area is 408 Å². The van der Waals surface area contributed by atoms with Gasteiger partial charge in [0.15, 0.2) is 0 Å². The van der Waals surface area contributed by atoms with Gasteiger partial charge in [-0.2, -0.15) is 7.11 Å². The van der Waals surface area contributed by atoms with Crippen LogP contribution in [-0.2, 0) is 26.5 Å². The van der Waals surface area contributed by atoms with Crippen molar-refractivity contribution in [3.8, 4) is 78.6 Å². The van der Waals surface area contributed by atoms with Gasteiger partial charge in [-0.05, 0) is 111 Å². The summed E-state index contributed by atoms with van der Waals surface area (Å²) in [5.41, 5.74) is 18.0. The molecule has 0 spiro atoms. The third-order valence-corrected chi connectivity index (χ3v) is 12.4. The first-order valence-electron chi connectivity index (χ1n) is 23.4. The second-order valence-electron chi connectivity index (χ2n) is 18.6. The van der Waals surface area contributed by atoms with Gasteiger partial charge in [-0.1, -0.05) is 169 Å². The number of benzene rings is 7. The fraction of sp³-hybridized carbons (Fsp3) is 0.197. The molecule has 9 rings (SSSR count). The Morgan fingerprint density at radius 2 is 1.30 bits per heavy atom. The van der Waals surface area contributed by atoms with Gasteiger partial charge in [0.25, 0.3) is 0 Å². The number of aryl methyl sites for hydroxylation is 2. The van der Waals surface area contributed by atoms with Gasteiger partial charge in [0.05, 0.1) is 28.0 Å². The van der Waals surface area contributed by atoms with Crippen LogP contribution in [0.4, 0.5) is 0 Å². The fourth-order valence-electron chi connectivity index (χ4n) is 8.98. The van der Waals surface area contributed by atoms with Crippen LogP contribution in [0.15, 0.2) is 158 Å². The third kappa shape index (κ3) is 8.97. The minimum Gasteiger partial charge on any atom is -0.665 e. The molecule has 0 radical (unpaired) electrons. The molecule has 7 aromatic carbocycles. The first kappa shape index (κ1) is 43.5. The van der Waals surface area contributed by atoms with Gasteiger partial charge in [0.1, 0.15) is 5.82 Å². The molecule has 0 fully saturated rings. The van der Waals surface area contributed by atoms with E-state index in [1.165, 1.54) is 0 Å². The van der Waals surface area contributed by atoms with Crippen LogP contribution in [0.3, 0.4) is 0 Å². The molecule has 0 bridgehead atoms. The van der Waals surface area contributed by atoms with E-state index in [-0.39, 0.29) is 26.5 Å². The van der Waals surface area contributed by atoms with Gasteiger partial charge in [0.2, 0.25) is 0 Å². The van der Waals surface area contributed by atoms with Crippen molar-refractivity contribution in [1.82, 2.24) is 14.5 Å². The number of aromatic nitrogens is 3. The number of rotatable bonds is 10. The SMILES string of the molecule is [2H]C(C)(C)c1ccc(-c2ccnc(-c3[c-]c(-c4cccc5c4nc(-c4cc(C)cc(C)c4O[CH2-])n5-c4cc(-c5ccccc5)c(C([2H])(C)C)cc4-c4ccccc4)cc(C(C)(C)C)c3)c2)cc1.[Pt+2]. The van der Waals surface area contributed by atoms with Crippen molar-refractivity contribution in [2.75, 3.05) is 0 Å². The largest absolute Gasteiger partial charge is 2.00 e. The standard InChI is InChI=1S/C61H57N3O.Pt/c1-38(2)42-24-26-43(27-25-42)46-28-29-62-55(35-46)48-32-47(33-49(34-48)61(7,8)9)50-22-17-23-56-58(50)63-60(54-31-40(5)30-41(6)59(54)65-10)64(56)57-37-52(44-18-13-11-14-19-44)51(39(3)4)36-53(57)45-20-15-12-16-21-45;/h11-31,33-39H,10H2,1-9H3;/q-2;+2/i38D,39D;. The summed E-state index contributed by atoms with van der Waals surface area (Å²) in [7, 11) is 3.95. The van der Waals surface area contributed by atoms with E-state index in [1.54, 1.807) is 0 Å². The monoisotopic (exact) mass is 1040 g/mol. The van der Waals surface area contributed by atoms with E-state index >= 15 is 0 Å². The fourth-order valence-corrected chi connectivity index (χ4v) is 8.98. The van der Waals surface area contributed by atoms with Crippen molar-refractivity contribution >= 4 is 11.0 Å². The molecule has 4 nitrogen and oxygen atoms in total. The Morgan fingerprint density at radius 3 is 1.94 bits per heavy atom. The first-order chi connectivity index (χ1) is 31.9. The van der Waals surface area contributed by atoms with E-state index in [0.717, 1.165) is 106 Å². The molecule has 0 aliphatic carbocycles. The van der Waals surface area contributed by atoms with Crippen molar-refractivity contribution in [3.05, 3.63) is 199 Å². The van der Waals surface area contributed by atoms with Crippen LogP contribution in [-0.4, -0.2) is 14.5 Å². The first-order valence-corrected chi connectivity index (χ1v) is 22.4. The molecule has 332 valence electrons. The summed E-state index contributed by atoms with van der Waals surface area (Å²) in [4.78, 5) is 10.6. The van der Waals surface area contributed by atoms with Crippen molar-refractivity contribution < 1.29 is 28.5 Å². The Morgan fingerprint density at radius 1 is 0.636 bits per heavy atom. The summed E-state index contributed by atoms with van der Waals surface area (Å²) >= 11 is 0.